The van der Waals surface area contributed by atoms with Gasteiger partial charge in [0.05, 0.1) is 17.3 Å². The number of halogens is 1. The zero-order valence-corrected chi connectivity index (χ0v) is 18.1. The largest absolute Gasteiger partial charge is 0.348 e. The number of fused-ring (bicyclic) bond motifs is 1. The van der Waals surface area contributed by atoms with Crippen LogP contribution in [0.2, 0.25) is 0 Å². The summed E-state index contributed by atoms with van der Waals surface area (Å²) in [5.74, 6) is -0.985. The van der Waals surface area contributed by atoms with Crippen molar-refractivity contribution in [2.24, 2.45) is 7.05 Å². The number of hydrogen-bond donors (Lipinski definition) is 2. The van der Waals surface area contributed by atoms with E-state index in [9.17, 15) is 14.0 Å². The molecule has 4 aromatic rings. The van der Waals surface area contributed by atoms with Crippen LogP contribution in [0.3, 0.4) is 0 Å². The molecule has 0 bridgehead atoms. The van der Waals surface area contributed by atoms with Crippen molar-refractivity contribution < 1.29 is 9.18 Å². The van der Waals surface area contributed by atoms with E-state index in [1.165, 1.54) is 12.3 Å². The Kier molecular flexibility index (Phi) is 5.45. The standard InChI is InChI=1S/C24H23FN6O2/c1-31-13-16(12-27-31)15-10-20(25)22(26-11-15)24(33)28-17-8-6-14(7-9-17)21-18-4-2-3-5-19(18)23(32)30-29-21/h2-5,10-14,17H,6-9H2,1H3,(H,28,33)(H,30,32). The van der Waals surface area contributed by atoms with E-state index in [4.69, 9.17) is 0 Å². The van der Waals surface area contributed by atoms with Crippen LogP contribution in [-0.4, -0.2) is 36.9 Å². The molecule has 168 valence electrons. The van der Waals surface area contributed by atoms with Crippen LogP contribution in [0.1, 0.15) is 47.8 Å². The van der Waals surface area contributed by atoms with Crippen molar-refractivity contribution in [1.82, 2.24) is 30.3 Å². The SMILES string of the molecule is Cn1cc(-c2cnc(C(=O)NC3CCC(c4n[nH]c(=O)c5ccccc45)CC3)c(F)c2)cn1. The van der Waals surface area contributed by atoms with Crippen molar-refractivity contribution in [3.63, 3.8) is 0 Å². The number of carbonyl (C=O) groups excluding carboxylic acids is 1. The second kappa shape index (κ2) is 8.57. The molecule has 0 atom stereocenters. The van der Waals surface area contributed by atoms with Crippen LogP contribution in [0, 0.1) is 5.82 Å². The first kappa shape index (κ1) is 21.0. The van der Waals surface area contributed by atoms with Crippen molar-refractivity contribution in [3.8, 4) is 11.1 Å². The molecular formula is C24H23FN6O2. The fourth-order valence-corrected chi connectivity index (χ4v) is 4.55. The third kappa shape index (κ3) is 4.13. The Balaban J connectivity index is 1.25. The van der Waals surface area contributed by atoms with Gasteiger partial charge in [0, 0.05) is 47.9 Å². The van der Waals surface area contributed by atoms with Crippen LogP contribution in [0.15, 0.2) is 53.7 Å². The zero-order valence-electron chi connectivity index (χ0n) is 18.1. The maximum atomic E-state index is 14.6. The Morgan fingerprint density at radius 3 is 2.58 bits per heavy atom. The molecule has 33 heavy (non-hydrogen) atoms. The van der Waals surface area contributed by atoms with E-state index in [1.807, 2.05) is 18.2 Å². The van der Waals surface area contributed by atoms with Crippen LogP contribution in [-0.2, 0) is 7.05 Å². The smallest absolute Gasteiger partial charge is 0.273 e. The van der Waals surface area contributed by atoms with E-state index in [0.717, 1.165) is 42.3 Å². The molecule has 9 heteroatoms. The minimum atomic E-state index is -0.661. The Bertz CT molecular complexity index is 1390. The molecule has 1 fully saturated rings. The van der Waals surface area contributed by atoms with Gasteiger partial charge in [-0.2, -0.15) is 10.2 Å². The van der Waals surface area contributed by atoms with Gasteiger partial charge in [-0.25, -0.2) is 14.5 Å². The summed E-state index contributed by atoms with van der Waals surface area (Å²) in [5.41, 5.74) is 1.78. The summed E-state index contributed by atoms with van der Waals surface area (Å²) >= 11 is 0. The fourth-order valence-electron chi connectivity index (χ4n) is 4.55. The summed E-state index contributed by atoms with van der Waals surface area (Å²) < 4.78 is 16.2. The topological polar surface area (TPSA) is 106 Å². The average Bonchev–Trinajstić information content (AvgIpc) is 3.26. The second-order valence-corrected chi connectivity index (χ2v) is 8.46. The van der Waals surface area contributed by atoms with Gasteiger partial charge in [0.2, 0.25) is 0 Å². The van der Waals surface area contributed by atoms with E-state index < -0.39 is 11.7 Å². The molecule has 0 unspecified atom stereocenters. The number of aromatic amines is 1. The number of nitrogens with one attached hydrogen (secondary N) is 2. The van der Waals surface area contributed by atoms with Crippen molar-refractivity contribution >= 4 is 16.7 Å². The van der Waals surface area contributed by atoms with Crippen LogP contribution in [0.5, 0.6) is 0 Å². The van der Waals surface area contributed by atoms with Crippen molar-refractivity contribution in [2.75, 3.05) is 0 Å². The minimum absolute atomic E-state index is 0.0676. The van der Waals surface area contributed by atoms with E-state index in [-0.39, 0.29) is 23.2 Å². The maximum Gasteiger partial charge on any atom is 0.273 e. The highest BCUT2D eigenvalue weighted by Crippen LogP contribution is 2.34. The number of pyridine rings is 1. The highest BCUT2D eigenvalue weighted by molar-refractivity contribution is 5.93. The normalized spacial score (nSPS) is 18.4. The van der Waals surface area contributed by atoms with Crippen LogP contribution in [0.4, 0.5) is 4.39 Å². The van der Waals surface area contributed by atoms with Gasteiger partial charge in [0.15, 0.2) is 11.5 Å². The van der Waals surface area contributed by atoms with Gasteiger partial charge >= 0.3 is 0 Å². The quantitative estimate of drug-likeness (QED) is 0.500. The first-order chi connectivity index (χ1) is 16.0. The first-order valence-electron chi connectivity index (χ1n) is 10.9. The number of aryl methyl sites for hydroxylation is 1. The summed E-state index contributed by atoms with van der Waals surface area (Å²) in [6, 6.07) is 8.70. The van der Waals surface area contributed by atoms with Gasteiger partial charge in [-0.3, -0.25) is 14.3 Å². The molecule has 1 aliphatic carbocycles. The number of aromatic nitrogens is 5. The summed E-state index contributed by atoms with van der Waals surface area (Å²) in [4.78, 5) is 28.8. The maximum absolute atomic E-state index is 14.6. The number of rotatable bonds is 4. The number of nitrogens with zero attached hydrogens (tertiary/aromatic N) is 4. The number of carbonyl (C=O) groups is 1. The molecule has 0 saturated heterocycles. The molecule has 3 aromatic heterocycles. The highest BCUT2D eigenvalue weighted by Gasteiger charge is 2.27. The Labute approximate surface area is 188 Å². The molecule has 0 radical (unpaired) electrons. The van der Waals surface area contributed by atoms with Crippen molar-refractivity contribution in [1.29, 1.82) is 0 Å². The monoisotopic (exact) mass is 446 g/mol. The summed E-state index contributed by atoms with van der Waals surface area (Å²) in [6.45, 7) is 0. The fraction of sp³-hybridized carbons (Fsp3) is 0.292. The molecule has 0 spiro atoms. The minimum Gasteiger partial charge on any atom is -0.348 e. The van der Waals surface area contributed by atoms with Gasteiger partial charge in [0.1, 0.15) is 0 Å². The van der Waals surface area contributed by atoms with Gasteiger partial charge in [-0.15, -0.1) is 0 Å². The van der Waals surface area contributed by atoms with Crippen molar-refractivity contribution in [2.45, 2.75) is 37.6 Å². The molecule has 1 saturated carbocycles. The van der Waals surface area contributed by atoms with E-state index in [1.54, 1.807) is 30.2 Å². The molecule has 3 heterocycles. The summed E-state index contributed by atoms with van der Waals surface area (Å²) in [7, 11) is 1.78. The molecule has 1 aromatic carbocycles. The molecule has 8 nitrogen and oxygen atoms in total. The molecule has 1 amide bonds. The number of hydrogen-bond acceptors (Lipinski definition) is 5. The lowest BCUT2D eigenvalue weighted by Gasteiger charge is -2.29. The zero-order chi connectivity index (χ0) is 22.9. The molecule has 0 aliphatic heterocycles. The highest BCUT2D eigenvalue weighted by atomic mass is 19.1. The predicted octanol–water partition coefficient (Wildman–Crippen LogP) is 3.31. The third-order valence-electron chi connectivity index (χ3n) is 6.27. The van der Waals surface area contributed by atoms with Crippen LogP contribution < -0.4 is 10.9 Å². The van der Waals surface area contributed by atoms with Crippen molar-refractivity contribution in [3.05, 3.63) is 76.5 Å². The van der Waals surface area contributed by atoms with Crippen LogP contribution >= 0.6 is 0 Å². The second-order valence-electron chi connectivity index (χ2n) is 8.46. The Hall–Kier alpha value is -3.88. The number of amides is 1. The summed E-state index contributed by atoms with van der Waals surface area (Å²) in [5, 5.41) is 15.4. The van der Waals surface area contributed by atoms with E-state index in [0.29, 0.717) is 10.9 Å². The Morgan fingerprint density at radius 1 is 1.12 bits per heavy atom. The van der Waals surface area contributed by atoms with E-state index in [2.05, 4.69) is 25.6 Å². The predicted molar refractivity (Wildman–Crippen MR) is 121 cm³/mol. The van der Waals surface area contributed by atoms with Gasteiger partial charge in [-0.1, -0.05) is 18.2 Å². The lowest BCUT2D eigenvalue weighted by molar-refractivity contribution is 0.0916. The molecule has 1 aliphatic rings. The number of H-pyrrole nitrogens is 1. The molecule has 5 rings (SSSR count). The Morgan fingerprint density at radius 2 is 1.88 bits per heavy atom. The van der Waals surface area contributed by atoms with E-state index >= 15 is 0 Å². The lowest BCUT2D eigenvalue weighted by Crippen LogP contribution is -2.38. The summed E-state index contributed by atoms with van der Waals surface area (Å²) in [6.07, 6.45) is 7.96. The van der Waals surface area contributed by atoms with Gasteiger partial charge < -0.3 is 5.32 Å². The van der Waals surface area contributed by atoms with Gasteiger partial charge in [0.25, 0.3) is 11.5 Å². The van der Waals surface area contributed by atoms with Gasteiger partial charge in [-0.05, 0) is 37.8 Å². The first-order valence-corrected chi connectivity index (χ1v) is 10.9. The lowest BCUT2D eigenvalue weighted by atomic mass is 9.82. The molecular weight excluding hydrogens is 423 g/mol. The molecule has 2 N–H and O–H groups in total. The van der Waals surface area contributed by atoms with Crippen LogP contribution in [0.25, 0.3) is 21.9 Å². The number of benzene rings is 1. The average molecular weight is 446 g/mol. The third-order valence-corrected chi connectivity index (χ3v) is 6.27.